The summed E-state index contributed by atoms with van der Waals surface area (Å²) in [6.07, 6.45) is 1.81. The Morgan fingerprint density at radius 1 is 1.35 bits per heavy atom. The van der Waals surface area contributed by atoms with Crippen LogP contribution in [-0.2, 0) is 0 Å². The van der Waals surface area contributed by atoms with Crippen molar-refractivity contribution < 1.29 is 9.59 Å². The van der Waals surface area contributed by atoms with E-state index in [4.69, 9.17) is 5.73 Å². The normalized spacial score (nSPS) is 20.0. The molecule has 0 bridgehead atoms. The van der Waals surface area contributed by atoms with Crippen LogP contribution in [0.4, 0.5) is 0 Å². The Morgan fingerprint density at radius 2 is 2.04 bits per heavy atom. The lowest BCUT2D eigenvalue weighted by Gasteiger charge is -2.22. The number of carbonyl (C=O) groups excluding carboxylic acids is 2. The summed E-state index contributed by atoms with van der Waals surface area (Å²) in [5, 5.41) is 2.83. The number of rotatable bonds is 5. The molecule has 1 aromatic rings. The largest absolute Gasteiger partial charge is 0.352 e. The van der Waals surface area contributed by atoms with Gasteiger partial charge in [-0.2, -0.15) is 0 Å². The molecule has 2 amide bonds. The van der Waals surface area contributed by atoms with Gasteiger partial charge in [0, 0.05) is 30.8 Å². The molecule has 3 N–H and O–H groups in total. The minimum Gasteiger partial charge on any atom is -0.352 e. The highest BCUT2D eigenvalue weighted by molar-refractivity contribution is 5.99. The molecule has 1 aromatic carbocycles. The van der Waals surface area contributed by atoms with E-state index in [9.17, 15) is 9.59 Å². The number of hydrogen-bond acceptors (Lipinski definition) is 3. The van der Waals surface area contributed by atoms with E-state index in [0.29, 0.717) is 30.8 Å². The molecule has 0 radical (unpaired) electrons. The van der Waals surface area contributed by atoms with Gasteiger partial charge in [-0.05, 0) is 43.0 Å². The Labute approximate surface area is 144 Å². The van der Waals surface area contributed by atoms with Crippen LogP contribution in [0, 0.1) is 5.41 Å². The van der Waals surface area contributed by atoms with Crippen LogP contribution < -0.4 is 11.1 Å². The minimum absolute atomic E-state index is 0. The highest BCUT2D eigenvalue weighted by Crippen LogP contribution is 2.29. The molecule has 2 rings (SSSR count). The zero-order chi connectivity index (χ0) is 16.2. The van der Waals surface area contributed by atoms with E-state index >= 15 is 0 Å². The van der Waals surface area contributed by atoms with Crippen molar-refractivity contribution in [2.75, 3.05) is 26.2 Å². The van der Waals surface area contributed by atoms with Gasteiger partial charge in [0.1, 0.15) is 0 Å². The van der Waals surface area contributed by atoms with Crippen LogP contribution in [0.25, 0.3) is 0 Å². The number of halogens is 1. The highest BCUT2D eigenvalue weighted by atomic mass is 35.5. The van der Waals surface area contributed by atoms with Gasteiger partial charge in [0.05, 0.1) is 0 Å². The van der Waals surface area contributed by atoms with Crippen molar-refractivity contribution in [3.63, 3.8) is 0 Å². The number of nitrogens with zero attached hydrogens (tertiary/aromatic N) is 1. The number of likely N-dealkylation sites (tertiary alicyclic amines) is 1. The molecule has 1 fully saturated rings. The second kappa shape index (κ2) is 8.31. The number of nitrogens with one attached hydrogen (secondary N) is 1. The zero-order valence-electron chi connectivity index (χ0n) is 13.8. The average Bonchev–Trinajstić information content (AvgIpc) is 2.95. The number of benzene rings is 1. The molecule has 5 nitrogen and oxygen atoms in total. The van der Waals surface area contributed by atoms with E-state index in [1.54, 1.807) is 24.3 Å². The van der Waals surface area contributed by atoms with E-state index < -0.39 is 0 Å². The summed E-state index contributed by atoms with van der Waals surface area (Å²) < 4.78 is 0. The molecule has 0 aromatic heterocycles. The van der Waals surface area contributed by atoms with Gasteiger partial charge in [-0.25, -0.2) is 0 Å². The van der Waals surface area contributed by atoms with Gasteiger partial charge in [0.15, 0.2) is 0 Å². The molecule has 1 aliphatic rings. The van der Waals surface area contributed by atoms with Crippen LogP contribution >= 0.6 is 12.4 Å². The van der Waals surface area contributed by atoms with Crippen molar-refractivity contribution in [1.29, 1.82) is 0 Å². The van der Waals surface area contributed by atoms with Crippen LogP contribution in [0.2, 0.25) is 0 Å². The smallest absolute Gasteiger partial charge is 0.253 e. The fraction of sp³-hybridized carbons (Fsp3) is 0.529. The lowest BCUT2D eigenvalue weighted by Crippen LogP contribution is -2.34. The van der Waals surface area contributed by atoms with Crippen LogP contribution in [0.3, 0.4) is 0 Å². The van der Waals surface area contributed by atoms with Crippen LogP contribution in [0.1, 0.15) is 47.4 Å². The van der Waals surface area contributed by atoms with E-state index in [-0.39, 0.29) is 29.6 Å². The second-order valence-corrected chi connectivity index (χ2v) is 6.33. The Morgan fingerprint density at radius 3 is 2.65 bits per heavy atom. The summed E-state index contributed by atoms with van der Waals surface area (Å²) in [5.41, 5.74) is 6.88. The minimum atomic E-state index is -0.135. The Hall–Kier alpha value is -1.59. The number of hydrogen-bond donors (Lipinski definition) is 2. The van der Waals surface area contributed by atoms with Crippen molar-refractivity contribution in [1.82, 2.24) is 10.2 Å². The molecule has 6 heteroatoms. The number of carbonyl (C=O) groups is 2. The predicted molar refractivity (Wildman–Crippen MR) is 94.0 cm³/mol. The molecule has 1 saturated heterocycles. The van der Waals surface area contributed by atoms with Gasteiger partial charge in [0.25, 0.3) is 11.8 Å². The predicted octanol–water partition coefficient (Wildman–Crippen LogP) is 2.06. The summed E-state index contributed by atoms with van der Waals surface area (Å²) in [4.78, 5) is 26.4. The van der Waals surface area contributed by atoms with E-state index in [2.05, 4.69) is 12.2 Å². The summed E-state index contributed by atoms with van der Waals surface area (Å²) in [7, 11) is 0. The van der Waals surface area contributed by atoms with Gasteiger partial charge < -0.3 is 16.0 Å². The maximum Gasteiger partial charge on any atom is 0.253 e. The molecule has 128 valence electrons. The van der Waals surface area contributed by atoms with Crippen molar-refractivity contribution in [2.24, 2.45) is 11.1 Å². The monoisotopic (exact) mass is 339 g/mol. The third-order valence-corrected chi connectivity index (χ3v) is 4.25. The molecule has 1 atom stereocenters. The average molecular weight is 340 g/mol. The maximum absolute atomic E-state index is 12.6. The van der Waals surface area contributed by atoms with E-state index in [1.807, 2.05) is 11.8 Å². The molecule has 0 aliphatic carbocycles. The molecule has 1 heterocycles. The van der Waals surface area contributed by atoms with Gasteiger partial charge >= 0.3 is 0 Å². The third kappa shape index (κ3) is 4.69. The van der Waals surface area contributed by atoms with Gasteiger partial charge in [0.2, 0.25) is 0 Å². The van der Waals surface area contributed by atoms with Crippen molar-refractivity contribution in [3.8, 4) is 0 Å². The molecule has 23 heavy (non-hydrogen) atoms. The first-order valence-corrected chi connectivity index (χ1v) is 7.87. The van der Waals surface area contributed by atoms with Crippen molar-refractivity contribution in [2.45, 2.75) is 26.7 Å². The van der Waals surface area contributed by atoms with Crippen molar-refractivity contribution >= 4 is 24.2 Å². The maximum atomic E-state index is 12.6. The fourth-order valence-corrected chi connectivity index (χ4v) is 2.68. The van der Waals surface area contributed by atoms with E-state index in [0.717, 1.165) is 19.4 Å². The van der Waals surface area contributed by atoms with Gasteiger partial charge in [-0.1, -0.05) is 19.9 Å². The first-order chi connectivity index (χ1) is 10.5. The quantitative estimate of drug-likeness (QED) is 0.862. The molecular formula is C17H26ClN3O2. The summed E-state index contributed by atoms with van der Waals surface area (Å²) >= 11 is 0. The molecule has 1 unspecified atom stereocenters. The highest BCUT2D eigenvalue weighted by Gasteiger charge is 2.35. The third-order valence-electron chi connectivity index (χ3n) is 4.25. The standard InChI is InChI=1S/C17H25N3O2.ClH/c1-3-8-19-15(21)13-5-4-6-14(10-13)16(22)20-9-7-17(2,11-18)12-20;/h4-6,10H,3,7-9,11-12,18H2,1-2H3,(H,19,21);1H. The number of nitrogens with two attached hydrogens (primary N) is 1. The van der Waals surface area contributed by atoms with Crippen LogP contribution in [0.15, 0.2) is 24.3 Å². The van der Waals surface area contributed by atoms with Gasteiger partial charge in [-0.15, -0.1) is 12.4 Å². The first kappa shape index (κ1) is 19.5. The Bertz CT molecular complexity index is 565. The molecular weight excluding hydrogens is 314 g/mol. The van der Waals surface area contributed by atoms with E-state index in [1.165, 1.54) is 0 Å². The Kier molecular flexibility index (Phi) is 7.03. The second-order valence-electron chi connectivity index (χ2n) is 6.33. The summed E-state index contributed by atoms with van der Waals surface area (Å²) in [6.45, 7) is 6.72. The summed E-state index contributed by atoms with van der Waals surface area (Å²) in [6, 6.07) is 6.92. The number of amides is 2. The molecule has 1 aliphatic heterocycles. The fourth-order valence-electron chi connectivity index (χ4n) is 2.68. The van der Waals surface area contributed by atoms with Gasteiger partial charge in [-0.3, -0.25) is 9.59 Å². The van der Waals surface area contributed by atoms with Crippen LogP contribution in [-0.4, -0.2) is 42.9 Å². The lowest BCUT2D eigenvalue weighted by atomic mass is 9.90. The van der Waals surface area contributed by atoms with Crippen molar-refractivity contribution in [3.05, 3.63) is 35.4 Å². The first-order valence-electron chi connectivity index (χ1n) is 7.87. The SMILES string of the molecule is CCCNC(=O)c1cccc(C(=O)N2CCC(C)(CN)C2)c1.Cl. The lowest BCUT2D eigenvalue weighted by molar-refractivity contribution is 0.0777. The Balaban J connectivity index is 0.00000264. The molecule has 0 saturated carbocycles. The van der Waals surface area contributed by atoms with Crippen LogP contribution in [0.5, 0.6) is 0 Å². The molecule has 0 spiro atoms. The summed E-state index contributed by atoms with van der Waals surface area (Å²) in [5.74, 6) is -0.160. The topological polar surface area (TPSA) is 75.4 Å². The zero-order valence-corrected chi connectivity index (χ0v) is 14.6.